The minimum absolute atomic E-state index is 0.277. The van der Waals surface area contributed by atoms with Gasteiger partial charge >= 0.3 is 5.97 Å². The number of nitrogens with one attached hydrogen (secondary N) is 1. The topological polar surface area (TPSA) is 38.3 Å². The van der Waals surface area contributed by atoms with E-state index in [1.165, 1.54) is 6.07 Å². The molecule has 1 heterocycles. The number of fused-ring (bicyclic) bond motifs is 1. The maximum Gasteiger partial charge on any atom is 0.329 e. The van der Waals surface area contributed by atoms with E-state index in [4.69, 9.17) is 4.74 Å². The van der Waals surface area contributed by atoms with E-state index >= 15 is 0 Å². The van der Waals surface area contributed by atoms with Crippen LogP contribution in [0.3, 0.4) is 0 Å². The first kappa shape index (κ1) is 11.9. The molecule has 0 saturated carbocycles. The lowest BCUT2D eigenvalue weighted by Gasteiger charge is -2.22. The van der Waals surface area contributed by atoms with Crippen molar-refractivity contribution < 1.29 is 13.9 Å². The summed E-state index contributed by atoms with van der Waals surface area (Å²) in [6.45, 7) is 5.44. The van der Waals surface area contributed by atoms with E-state index in [9.17, 15) is 9.18 Å². The number of hydrogen-bond acceptors (Lipinski definition) is 3. The van der Waals surface area contributed by atoms with Crippen LogP contribution in [-0.2, 0) is 16.0 Å². The third-order valence-corrected chi connectivity index (χ3v) is 2.55. The molecule has 0 bridgehead atoms. The van der Waals surface area contributed by atoms with Crippen molar-refractivity contribution in [3.05, 3.63) is 29.6 Å². The lowest BCUT2D eigenvalue weighted by Crippen LogP contribution is -2.35. The number of esters is 1. The molecule has 92 valence electrons. The molecule has 0 fully saturated rings. The number of halogens is 1. The number of rotatable bonds is 1. The van der Waals surface area contributed by atoms with E-state index in [1.54, 1.807) is 12.1 Å². The van der Waals surface area contributed by atoms with Crippen LogP contribution in [-0.4, -0.2) is 17.6 Å². The molecule has 1 unspecified atom stereocenters. The first-order valence-electron chi connectivity index (χ1n) is 5.63. The summed E-state index contributed by atoms with van der Waals surface area (Å²) >= 11 is 0. The van der Waals surface area contributed by atoms with E-state index < -0.39 is 11.6 Å². The van der Waals surface area contributed by atoms with Gasteiger partial charge in [-0.3, -0.25) is 0 Å². The summed E-state index contributed by atoms with van der Waals surface area (Å²) in [6, 6.07) is 4.31. The summed E-state index contributed by atoms with van der Waals surface area (Å²) < 4.78 is 18.7. The number of carbonyl (C=O) groups is 1. The summed E-state index contributed by atoms with van der Waals surface area (Å²) in [4.78, 5) is 11.8. The molecule has 0 radical (unpaired) electrons. The van der Waals surface area contributed by atoms with Gasteiger partial charge in [0.05, 0.1) is 0 Å². The predicted octanol–water partition coefficient (Wildman–Crippen LogP) is 2.50. The fourth-order valence-corrected chi connectivity index (χ4v) is 1.86. The molecule has 0 amide bonds. The van der Waals surface area contributed by atoms with E-state index in [0.29, 0.717) is 17.7 Å². The van der Waals surface area contributed by atoms with Gasteiger partial charge in [0.15, 0.2) is 0 Å². The van der Waals surface area contributed by atoms with Crippen molar-refractivity contribution in [3.8, 4) is 0 Å². The highest BCUT2D eigenvalue weighted by atomic mass is 19.1. The summed E-state index contributed by atoms with van der Waals surface area (Å²) in [5.74, 6) is -0.617. The van der Waals surface area contributed by atoms with Crippen molar-refractivity contribution in [3.63, 3.8) is 0 Å². The van der Waals surface area contributed by atoms with Crippen LogP contribution in [0.15, 0.2) is 18.2 Å². The van der Waals surface area contributed by atoms with Crippen molar-refractivity contribution in [2.24, 2.45) is 0 Å². The molecule has 3 nitrogen and oxygen atoms in total. The highest BCUT2D eigenvalue weighted by Crippen LogP contribution is 2.28. The lowest BCUT2D eigenvalue weighted by atomic mass is 10.1. The molecule has 4 heteroatoms. The Hall–Kier alpha value is -1.58. The number of hydrogen-bond donors (Lipinski definition) is 1. The van der Waals surface area contributed by atoms with Gasteiger partial charge in [0, 0.05) is 17.7 Å². The smallest absolute Gasteiger partial charge is 0.329 e. The monoisotopic (exact) mass is 237 g/mol. The Kier molecular flexibility index (Phi) is 2.81. The van der Waals surface area contributed by atoms with Crippen molar-refractivity contribution >= 4 is 11.7 Å². The number of anilines is 1. The van der Waals surface area contributed by atoms with Crippen LogP contribution < -0.4 is 5.32 Å². The van der Waals surface area contributed by atoms with Crippen LogP contribution >= 0.6 is 0 Å². The Morgan fingerprint density at radius 1 is 1.47 bits per heavy atom. The standard InChI is InChI=1S/C13H16FNO2/c1-13(2,3)17-12(16)11-7-8-9(14)5-4-6-10(8)15-11/h4-6,11,15H,7H2,1-3H3. The molecule has 1 aromatic rings. The second-order valence-corrected chi connectivity index (χ2v) is 5.20. The maximum absolute atomic E-state index is 13.5. The van der Waals surface area contributed by atoms with Gasteiger partial charge in [0.2, 0.25) is 0 Å². The van der Waals surface area contributed by atoms with Gasteiger partial charge in [0.1, 0.15) is 17.5 Å². The quantitative estimate of drug-likeness (QED) is 0.763. The van der Waals surface area contributed by atoms with E-state index in [2.05, 4.69) is 5.32 Å². The summed E-state index contributed by atoms with van der Waals surface area (Å²) in [6.07, 6.45) is 0.344. The van der Waals surface area contributed by atoms with Crippen LogP contribution in [0.1, 0.15) is 26.3 Å². The van der Waals surface area contributed by atoms with Gasteiger partial charge in [-0.15, -0.1) is 0 Å². The zero-order chi connectivity index (χ0) is 12.6. The first-order valence-corrected chi connectivity index (χ1v) is 5.63. The van der Waals surface area contributed by atoms with E-state index in [1.807, 2.05) is 20.8 Å². The Labute approximate surface area is 100.0 Å². The number of ether oxygens (including phenoxy) is 1. The third-order valence-electron chi connectivity index (χ3n) is 2.55. The van der Waals surface area contributed by atoms with Crippen LogP contribution in [0.5, 0.6) is 0 Å². The number of carbonyl (C=O) groups excluding carboxylic acids is 1. The molecule has 17 heavy (non-hydrogen) atoms. The highest BCUT2D eigenvalue weighted by Gasteiger charge is 2.31. The SMILES string of the molecule is CC(C)(C)OC(=O)C1Cc2c(F)cccc2N1. The van der Waals surface area contributed by atoms with Gasteiger partial charge in [-0.2, -0.15) is 0 Å². The molecule has 1 N–H and O–H groups in total. The summed E-state index contributed by atoms with van der Waals surface area (Å²) in [5, 5.41) is 2.98. The van der Waals surface area contributed by atoms with Gasteiger partial charge < -0.3 is 10.1 Å². The molecular formula is C13H16FNO2. The van der Waals surface area contributed by atoms with Gasteiger partial charge in [-0.25, -0.2) is 9.18 Å². The third kappa shape index (κ3) is 2.57. The van der Waals surface area contributed by atoms with Crippen molar-refractivity contribution in [2.45, 2.75) is 38.8 Å². The van der Waals surface area contributed by atoms with Crippen LogP contribution in [0.25, 0.3) is 0 Å². The lowest BCUT2D eigenvalue weighted by molar-refractivity contribution is -0.155. The van der Waals surface area contributed by atoms with Gasteiger partial charge in [-0.1, -0.05) is 6.07 Å². The zero-order valence-electron chi connectivity index (χ0n) is 10.2. The number of benzene rings is 1. The van der Waals surface area contributed by atoms with Gasteiger partial charge in [-0.05, 0) is 32.9 Å². The van der Waals surface area contributed by atoms with Crippen molar-refractivity contribution in [1.29, 1.82) is 0 Å². The predicted molar refractivity (Wildman–Crippen MR) is 63.4 cm³/mol. The Bertz CT molecular complexity index is 451. The van der Waals surface area contributed by atoms with Crippen molar-refractivity contribution in [1.82, 2.24) is 0 Å². The molecule has 0 spiro atoms. The molecule has 0 aliphatic carbocycles. The maximum atomic E-state index is 13.5. The molecular weight excluding hydrogens is 221 g/mol. The van der Waals surface area contributed by atoms with Crippen LogP contribution in [0.2, 0.25) is 0 Å². The summed E-state index contributed by atoms with van der Waals surface area (Å²) in [7, 11) is 0. The van der Waals surface area contributed by atoms with E-state index in [-0.39, 0.29) is 11.8 Å². The fraction of sp³-hybridized carbons (Fsp3) is 0.462. The minimum atomic E-state index is -0.522. The molecule has 2 rings (SSSR count). The van der Waals surface area contributed by atoms with Crippen molar-refractivity contribution in [2.75, 3.05) is 5.32 Å². The fourth-order valence-electron chi connectivity index (χ4n) is 1.86. The highest BCUT2D eigenvalue weighted by molar-refractivity contribution is 5.83. The molecule has 1 aromatic carbocycles. The minimum Gasteiger partial charge on any atom is -0.458 e. The first-order chi connectivity index (χ1) is 7.87. The Morgan fingerprint density at radius 3 is 2.76 bits per heavy atom. The van der Waals surface area contributed by atoms with Crippen LogP contribution in [0.4, 0.5) is 10.1 Å². The zero-order valence-corrected chi connectivity index (χ0v) is 10.2. The molecule has 1 aliphatic rings. The largest absolute Gasteiger partial charge is 0.458 e. The Balaban J connectivity index is 2.10. The van der Waals surface area contributed by atoms with Crippen LogP contribution in [0, 0.1) is 5.82 Å². The van der Waals surface area contributed by atoms with Gasteiger partial charge in [0.25, 0.3) is 0 Å². The Morgan fingerprint density at radius 2 is 2.18 bits per heavy atom. The molecule has 1 atom stereocenters. The average Bonchev–Trinajstić information content (AvgIpc) is 2.60. The normalized spacial score (nSPS) is 18.5. The molecule has 0 aromatic heterocycles. The van der Waals surface area contributed by atoms with E-state index in [0.717, 1.165) is 0 Å². The average molecular weight is 237 g/mol. The second kappa shape index (κ2) is 4.02. The summed E-state index contributed by atoms with van der Waals surface area (Å²) in [5.41, 5.74) is 0.718. The second-order valence-electron chi connectivity index (χ2n) is 5.20. The molecule has 1 aliphatic heterocycles. The molecule has 0 saturated heterocycles.